The van der Waals surface area contributed by atoms with Crippen molar-refractivity contribution in [2.45, 2.75) is 63.5 Å². The van der Waals surface area contributed by atoms with Gasteiger partial charge < -0.3 is 47.8 Å². The first-order valence-electron chi connectivity index (χ1n) is 14.1. The first-order valence-corrected chi connectivity index (χ1v) is 14.1. The lowest BCUT2D eigenvalue weighted by Gasteiger charge is -2.27. The third kappa shape index (κ3) is 8.49. The molecule has 2 aliphatic rings. The van der Waals surface area contributed by atoms with Crippen LogP contribution in [-0.4, -0.2) is 49.1 Å². The molecule has 1 aliphatic heterocycles. The second-order valence-corrected chi connectivity index (χ2v) is 10.5. The number of guanidine groups is 1. The van der Waals surface area contributed by atoms with Crippen LogP contribution in [0.1, 0.15) is 61.7 Å². The van der Waals surface area contributed by atoms with Crippen molar-refractivity contribution in [2.75, 3.05) is 18.7 Å². The summed E-state index contributed by atoms with van der Waals surface area (Å²) < 4.78 is 16.8. The molecule has 226 valence electrons. The lowest BCUT2D eigenvalue weighted by Crippen LogP contribution is -2.50. The Morgan fingerprint density at radius 3 is 2.48 bits per heavy atom. The van der Waals surface area contributed by atoms with Gasteiger partial charge in [0.1, 0.15) is 11.8 Å². The topological polar surface area (TPSA) is 219 Å². The zero-order chi connectivity index (χ0) is 30.1. The number of nitrogens with two attached hydrogens (primary N) is 4. The maximum Gasteiger partial charge on any atom is 0.248 e. The Kier molecular flexibility index (Phi) is 10.4. The largest absolute Gasteiger partial charge is 0.455 e. The predicted octanol–water partition coefficient (Wildman–Crippen LogP) is 2.08. The number of rotatable bonds is 13. The molecule has 0 bridgehead atoms. The monoisotopic (exact) mass is 581 g/mol. The van der Waals surface area contributed by atoms with E-state index in [0.717, 1.165) is 32.1 Å². The number of carbonyl (C=O) groups excluding carboxylic acids is 3. The molecule has 2 atom stereocenters. The van der Waals surface area contributed by atoms with E-state index in [1.807, 2.05) is 0 Å². The van der Waals surface area contributed by atoms with E-state index in [2.05, 4.69) is 15.6 Å². The van der Waals surface area contributed by atoms with Crippen LogP contribution in [0.4, 0.5) is 5.69 Å². The van der Waals surface area contributed by atoms with Gasteiger partial charge in [0.2, 0.25) is 24.5 Å². The molecule has 3 amide bonds. The molecule has 2 aromatic rings. The van der Waals surface area contributed by atoms with Crippen molar-refractivity contribution in [1.29, 1.82) is 0 Å². The van der Waals surface area contributed by atoms with Crippen LogP contribution in [-0.2, 0) is 9.59 Å². The lowest BCUT2D eigenvalue weighted by atomic mass is 9.84. The molecule has 1 saturated carbocycles. The highest BCUT2D eigenvalue weighted by Crippen LogP contribution is 2.38. The van der Waals surface area contributed by atoms with Gasteiger partial charge in [0.25, 0.3) is 0 Å². The second-order valence-electron chi connectivity index (χ2n) is 10.5. The van der Waals surface area contributed by atoms with Crippen LogP contribution in [0, 0.1) is 5.92 Å². The minimum absolute atomic E-state index is 0.0250. The molecule has 1 fully saturated rings. The van der Waals surface area contributed by atoms with Gasteiger partial charge in [-0.1, -0.05) is 32.1 Å². The van der Waals surface area contributed by atoms with Gasteiger partial charge in [-0.15, -0.1) is 0 Å². The molecule has 2 aromatic carbocycles. The van der Waals surface area contributed by atoms with Crippen molar-refractivity contribution in [3.8, 4) is 23.0 Å². The van der Waals surface area contributed by atoms with Crippen LogP contribution in [0.3, 0.4) is 0 Å². The molecule has 4 rings (SSSR count). The Labute approximate surface area is 244 Å². The number of hydrogen-bond acceptors (Lipinski definition) is 8. The smallest absolute Gasteiger partial charge is 0.248 e. The number of anilines is 1. The van der Waals surface area contributed by atoms with Crippen LogP contribution in [0.2, 0.25) is 0 Å². The Morgan fingerprint density at radius 2 is 1.74 bits per heavy atom. The molecule has 0 saturated heterocycles. The molecular weight excluding hydrogens is 542 g/mol. The molecule has 42 heavy (non-hydrogen) atoms. The number of ether oxygens (including phenoxy) is 3. The van der Waals surface area contributed by atoms with E-state index in [1.165, 1.54) is 18.2 Å². The van der Waals surface area contributed by atoms with E-state index in [9.17, 15) is 14.4 Å². The molecule has 0 radical (unpaired) electrons. The van der Waals surface area contributed by atoms with Crippen LogP contribution in [0.25, 0.3) is 0 Å². The quantitative estimate of drug-likeness (QED) is 0.116. The minimum Gasteiger partial charge on any atom is -0.455 e. The van der Waals surface area contributed by atoms with Gasteiger partial charge in [-0.25, -0.2) is 0 Å². The number of aliphatic imine (C=N–C) groups is 1. The van der Waals surface area contributed by atoms with Crippen molar-refractivity contribution < 1.29 is 28.6 Å². The average molecular weight is 582 g/mol. The lowest BCUT2D eigenvalue weighted by molar-refractivity contribution is -0.127. The summed E-state index contributed by atoms with van der Waals surface area (Å²) in [5, 5.41) is 5.73. The Bertz CT molecular complexity index is 1310. The fraction of sp³-hybridized carbons (Fsp3) is 0.448. The number of benzene rings is 2. The summed E-state index contributed by atoms with van der Waals surface area (Å²) >= 11 is 0. The van der Waals surface area contributed by atoms with E-state index in [1.54, 1.807) is 18.2 Å². The van der Waals surface area contributed by atoms with Gasteiger partial charge in [0.15, 0.2) is 23.2 Å². The van der Waals surface area contributed by atoms with E-state index in [4.69, 9.17) is 37.1 Å². The van der Waals surface area contributed by atoms with Crippen molar-refractivity contribution in [1.82, 2.24) is 5.32 Å². The SMILES string of the molecule is NC(=O)c1ccc(NC(=O)[C@H](CC2CCCCC2)NC(=O)[C@@H](N)CCCN=C(N)N)c(Oc2ccc3c(c2)OCO3)c1. The number of primary amides is 1. The first-order chi connectivity index (χ1) is 20.2. The van der Waals surface area contributed by atoms with Crippen molar-refractivity contribution in [2.24, 2.45) is 33.8 Å². The maximum atomic E-state index is 13.7. The summed E-state index contributed by atoms with van der Waals surface area (Å²) in [7, 11) is 0. The van der Waals surface area contributed by atoms with Crippen molar-refractivity contribution in [3.05, 3.63) is 42.0 Å². The van der Waals surface area contributed by atoms with Crippen LogP contribution in [0.15, 0.2) is 41.4 Å². The summed E-state index contributed by atoms with van der Waals surface area (Å²) in [6.07, 6.45) is 6.62. The molecule has 1 aliphatic carbocycles. The van der Waals surface area contributed by atoms with E-state index < -0.39 is 29.8 Å². The number of fused-ring (bicyclic) bond motifs is 1. The van der Waals surface area contributed by atoms with E-state index in [-0.39, 0.29) is 30.0 Å². The highest BCUT2D eigenvalue weighted by Gasteiger charge is 2.28. The number of nitrogens with one attached hydrogen (secondary N) is 2. The van der Waals surface area contributed by atoms with Gasteiger partial charge in [-0.3, -0.25) is 19.4 Å². The van der Waals surface area contributed by atoms with Crippen molar-refractivity contribution >= 4 is 29.4 Å². The zero-order valence-electron chi connectivity index (χ0n) is 23.5. The molecule has 1 heterocycles. The van der Waals surface area contributed by atoms with E-state index >= 15 is 0 Å². The van der Waals surface area contributed by atoms with Crippen LogP contribution >= 0.6 is 0 Å². The number of amides is 3. The summed E-state index contributed by atoms with van der Waals surface area (Å²) in [4.78, 5) is 42.5. The van der Waals surface area contributed by atoms with Crippen molar-refractivity contribution in [3.63, 3.8) is 0 Å². The minimum atomic E-state index is -0.835. The normalized spacial score (nSPS) is 15.7. The van der Waals surface area contributed by atoms with Gasteiger partial charge in [-0.2, -0.15) is 0 Å². The van der Waals surface area contributed by atoms with Crippen LogP contribution < -0.4 is 47.8 Å². The third-order valence-electron chi connectivity index (χ3n) is 7.33. The summed E-state index contributed by atoms with van der Waals surface area (Å²) in [5.41, 5.74) is 22.8. The standard InChI is InChI=1S/C29H39N7O6/c30-20(7-4-12-34-29(32)33)27(38)36-22(13-17-5-2-1-3-6-17)28(39)35-21-10-8-18(26(31)37)14-24(21)42-19-9-11-23-25(15-19)41-16-40-23/h8-11,14-15,17,20,22H,1-7,12-13,16,30H2,(H2,31,37)(H,35,39)(H,36,38)(H4,32,33,34)/t20-,22-/m0/s1. The van der Waals surface area contributed by atoms with E-state index in [0.29, 0.717) is 48.7 Å². The molecule has 13 nitrogen and oxygen atoms in total. The highest BCUT2D eigenvalue weighted by atomic mass is 16.7. The van der Waals surface area contributed by atoms with Gasteiger partial charge in [0.05, 0.1) is 11.7 Å². The summed E-state index contributed by atoms with van der Waals surface area (Å²) in [6.45, 7) is 0.452. The summed E-state index contributed by atoms with van der Waals surface area (Å²) in [5.74, 6) is 0.428. The Hall–Kier alpha value is -4.52. The molecule has 13 heteroatoms. The second kappa shape index (κ2) is 14.4. The Balaban J connectivity index is 1.51. The Morgan fingerprint density at radius 1 is 0.976 bits per heavy atom. The zero-order valence-corrected chi connectivity index (χ0v) is 23.5. The van der Waals surface area contributed by atoms with Gasteiger partial charge >= 0.3 is 0 Å². The molecular formula is C29H39N7O6. The molecule has 0 aromatic heterocycles. The number of nitrogens with zero attached hydrogens (tertiary/aromatic N) is 1. The molecule has 0 unspecified atom stereocenters. The highest BCUT2D eigenvalue weighted by molar-refractivity contribution is 6.00. The summed E-state index contributed by atoms with van der Waals surface area (Å²) in [6, 6.07) is 7.83. The predicted molar refractivity (Wildman–Crippen MR) is 157 cm³/mol. The third-order valence-corrected chi connectivity index (χ3v) is 7.33. The number of carbonyl (C=O) groups is 3. The molecule has 0 spiro atoms. The van der Waals surface area contributed by atoms with Gasteiger partial charge in [0, 0.05) is 18.2 Å². The first kappa shape index (κ1) is 30.4. The fourth-order valence-corrected chi connectivity index (χ4v) is 5.07. The molecule has 10 N–H and O–H groups in total. The average Bonchev–Trinajstić information content (AvgIpc) is 3.44. The number of hydrogen-bond donors (Lipinski definition) is 6. The maximum absolute atomic E-state index is 13.7. The fourth-order valence-electron chi connectivity index (χ4n) is 5.07. The van der Waals surface area contributed by atoms with Gasteiger partial charge in [-0.05, 0) is 55.5 Å². The van der Waals surface area contributed by atoms with Crippen LogP contribution in [0.5, 0.6) is 23.0 Å².